The quantitative estimate of drug-likeness (QED) is 0.632. The van der Waals surface area contributed by atoms with Crippen molar-refractivity contribution in [2.45, 2.75) is 27.7 Å². The fraction of sp³-hybridized carbons (Fsp3) is 0.444. The summed E-state index contributed by atoms with van der Waals surface area (Å²) in [6, 6.07) is 0. The van der Waals surface area contributed by atoms with Crippen LogP contribution < -0.4 is 0 Å². The van der Waals surface area contributed by atoms with Crippen LogP contribution in [0.25, 0.3) is 5.65 Å². The highest BCUT2D eigenvalue weighted by Crippen LogP contribution is 2.20. The largest absolute Gasteiger partial charge is 0.285 e. The minimum absolute atomic E-state index is 1.03. The van der Waals surface area contributed by atoms with Gasteiger partial charge in [-0.2, -0.15) is 5.10 Å². The molecule has 2 aromatic heterocycles. The molecule has 3 nitrogen and oxygen atoms in total. The van der Waals surface area contributed by atoms with Gasteiger partial charge in [-0.1, -0.05) is 0 Å². The normalized spacial score (nSPS) is 11.3. The molecule has 0 saturated heterocycles. The molecular weight excluding hydrogens is 150 g/mol. The standard InChI is InChI=1S/C9H13N3/c1-5-6(2)9-11-10-8(4)12(9)7(5)3/h11H,1-4H3. The SMILES string of the molecule is Cc1c(C)c2[nH]nc(C)n2c1C. The lowest BCUT2D eigenvalue weighted by molar-refractivity contribution is 0.976. The number of rotatable bonds is 0. The number of hydrogen-bond acceptors (Lipinski definition) is 1. The third-order valence-corrected chi connectivity index (χ3v) is 2.67. The lowest BCUT2D eigenvalue weighted by atomic mass is 10.2. The first-order valence-corrected chi connectivity index (χ1v) is 4.12. The minimum atomic E-state index is 1.03. The zero-order chi connectivity index (χ0) is 8.88. The van der Waals surface area contributed by atoms with Gasteiger partial charge in [0.15, 0.2) is 0 Å². The maximum Gasteiger partial charge on any atom is 0.135 e. The van der Waals surface area contributed by atoms with Gasteiger partial charge >= 0.3 is 0 Å². The van der Waals surface area contributed by atoms with Gasteiger partial charge in [0, 0.05) is 5.69 Å². The molecule has 0 radical (unpaired) electrons. The van der Waals surface area contributed by atoms with Crippen molar-refractivity contribution in [1.29, 1.82) is 0 Å². The topological polar surface area (TPSA) is 33.1 Å². The van der Waals surface area contributed by atoms with Crippen molar-refractivity contribution in [2.24, 2.45) is 0 Å². The molecule has 64 valence electrons. The summed E-state index contributed by atoms with van der Waals surface area (Å²) < 4.78 is 2.16. The molecule has 0 amide bonds. The van der Waals surface area contributed by atoms with Gasteiger partial charge in [0.25, 0.3) is 0 Å². The Balaban J connectivity index is 3.01. The maximum absolute atomic E-state index is 4.16. The molecule has 0 bridgehead atoms. The van der Waals surface area contributed by atoms with E-state index < -0.39 is 0 Å². The highest BCUT2D eigenvalue weighted by atomic mass is 15.3. The van der Waals surface area contributed by atoms with Crippen LogP contribution >= 0.6 is 0 Å². The van der Waals surface area contributed by atoms with Crippen LogP contribution in [0.2, 0.25) is 0 Å². The summed E-state index contributed by atoms with van der Waals surface area (Å²) in [5, 5.41) is 7.19. The molecule has 1 N–H and O–H groups in total. The molecule has 0 fully saturated rings. The minimum Gasteiger partial charge on any atom is -0.285 e. The van der Waals surface area contributed by atoms with Crippen LogP contribution in [0.5, 0.6) is 0 Å². The molecular formula is C9H13N3. The van der Waals surface area contributed by atoms with E-state index in [0.717, 1.165) is 11.5 Å². The van der Waals surface area contributed by atoms with Gasteiger partial charge in [0.2, 0.25) is 0 Å². The van der Waals surface area contributed by atoms with Gasteiger partial charge < -0.3 is 0 Å². The Morgan fingerprint density at radius 1 is 1.08 bits per heavy atom. The van der Waals surface area contributed by atoms with Crippen molar-refractivity contribution in [3.63, 3.8) is 0 Å². The molecule has 2 heterocycles. The second-order valence-electron chi connectivity index (χ2n) is 3.29. The van der Waals surface area contributed by atoms with E-state index in [9.17, 15) is 0 Å². The Hall–Kier alpha value is -1.25. The van der Waals surface area contributed by atoms with Gasteiger partial charge in [-0.15, -0.1) is 0 Å². The second-order valence-corrected chi connectivity index (χ2v) is 3.29. The van der Waals surface area contributed by atoms with Crippen LogP contribution in [0.1, 0.15) is 22.6 Å². The van der Waals surface area contributed by atoms with E-state index in [1.165, 1.54) is 16.8 Å². The van der Waals surface area contributed by atoms with E-state index in [-0.39, 0.29) is 0 Å². The Morgan fingerprint density at radius 3 is 2.33 bits per heavy atom. The summed E-state index contributed by atoms with van der Waals surface area (Å²) in [5.41, 5.74) is 5.07. The number of fused-ring (bicyclic) bond motifs is 1. The van der Waals surface area contributed by atoms with E-state index >= 15 is 0 Å². The van der Waals surface area contributed by atoms with Crippen molar-refractivity contribution < 1.29 is 0 Å². The zero-order valence-corrected chi connectivity index (χ0v) is 7.89. The fourth-order valence-corrected chi connectivity index (χ4v) is 1.67. The number of nitrogens with zero attached hydrogens (tertiary/aromatic N) is 2. The van der Waals surface area contributed by atoms with Gasteiger partial charge in [-0.05, 0) is 38.8 Å². The van der Waals surface area contributed by atoms with Crippen LogP contribution in [0, 0.1) is 27.7 Å². The van der Waals surface area contributed by atoms with Gasteiger partial charge in [-0.3, -0.25) is 9.50 Å². The van der Waals surface area contributed by atoms with Crippen molar-refractivity contribution in [3.8, 4) is 0 Å². The predicted octanol–water partition coefficient (Wildman–Crippen LogP) is 1.90. The van der Waals surface area contributed by atoms with Gasteiger partial charge in [0.1, 0.15) is 11.5 Å². The van der Waals surface area contributed by atoms with Crippen LogP contribution in [0.4, 0.5) is 0 Å². The molecule has 0 aromatic carbocycles. The molecule has 2 aromatic rings. The Bertz CT molecular complexity index is 434. The van der Waals surface area contributed by atoms with Crippen molar-refractivity contribution in [1.82, 2.24) is 14.6 Å². The van der Waals surface area contributed by atoms with Gasteiger partial charge in [0.05, 0.1) is 0 Å². The molecule has 0 saturated carbocycles. The van der Waals surface area contributed by atoms with Crippen molar-refractivity contribution >= 4 is 5.65 Å². The highest BCUT2D eigenvalue weighted by molar-refractivity contribution is 5.55. The lowest BCUT2D eigenvalue weighted by Crippen LogP contribution is -1.88. The van der Waals surface area contributed by atoms with E-state index in [1.807, 2.05) is 6.92 Å². The van der Waals surface area contributed by atoms with Gasteiger partial charge in [-0.25, -0.2) is 0 Å². The number of nitrogens with one attached hydrogen (secondary N) is 1. The summed E-state index contributed by atoms with van der Waals surface area (Å²) in [6.45, 7) is 8.40. The third kappa shape index (κ3) is 0.682. The summed E-state index contributed by atoms with van der Waals surface area (Å²) in [7, 11) is 0. The van der Waals surface area contributed by atoms with Crippen molar-refractivity contribution in [2.75, 3.05) is 0 Å². The molecule has 12 heavy (non-hydrogen) atoms. The maximum atomic E-state index is 4.16. The summed E-state index contributed by atoms with van der Waals surface area (Å²) in [5.74, 6) is 1.03. The summed E-state index contributed by atoms with van der Waals surface area (Å²) in [4.78, 5) is 0. The average Bonchev–Trinajstić information content (AvgIpc) is 2.51. The van der Waals surface area contributed by atoms with E-state index in [0.29, 0.717) is 0 Å². The number of hydrogen-bond donors (Lipinski definition) is 1. The fourth-order valence-electron chi connectivity index (χ4n) is 1.67. The molecule has 0 unspecified atom stereocenters. The average molecular weight is 163 g/mol. The Morgan fingerprint density at radius 2 is 1.75 bits per heavy atom. The zero-order valence-electron chi connectivity index (χ0n) is 7.89. The Labute approximate surface area is 71.4 Å². The first-order chi connectivity index (χ1) is 5.63. The smallest absolute Gasteiger partial charge is 0.135 e. The second kappa shape index (κ2) is 2.12. The molecule has 0 aliphatic heterocycles. The molecule has 0 atom stereocenters. The summed E-state index contributed by atoms with van der Waals surface area (Å²) >= 11 is 0. The van der Waals surface area contributed by atoms with Crippen molar-refractivity contribution in [3.05, 3.63) is 22.6 Å². The molecule has 2 rings (SSSR count). The van der Waals surface area contributed by atoms with Crippen LogP contribution in [0.3, 0.4) is 0 Å². The van der Waals surface area contributed by atoms with E-state index in [1.54, 1.807) is 0 Å². The Kier molecular flexibility index (Phi) is 1.31. The molecule has 0 aliphatic rings. The first kappa shape index (κ1) is 7.40. The predicted molar refractivity (Wildman–Crippen MR) is 48.5 cm³/mol. The first-order valence-electron chi connectivity index (χ1n) is 4.12. The van der Waals surface area contributed by atoms with E-state index in [2.05, 4.69) is 35.4 Å². The van der Waals surface area contributed by atoms with Crippen LogP contribution in [-0.2, 0) is 0 Å². The number of H-pyrrole nitrogens is 1. The molecule has 0 aliphatic carbocycles. The monoisotopic (exact) mass is 163 g/mol. The van der Waals surface area contributed by atoms with Crippen LogP contribution in [0.15, 0.2) is 0 Å². The molecule has 0 spiro atoms. The van der Waals surface area contributed by atoms with E-state index in [4.69, 9.17) is 0 Å². The third-order valence-electron chi connectivity index (χ3n) is 2.67. The number of aryl methyl sites for hydroxylation is 3. The lowest BCUT2D eigenvalue weighted by Gasteiger charge is -1.92. The van der Waals surface area contributed by atoms with Crippen LogP contribution in [-0.4, -0.2) is 14.6 Å². The number of aromatic nitrogens is 3. The summed E-state index contributed by atoms with van der Waals surface area (Å²) in [6.07, 6.45) is 0. The highest BCUT2D eigenvalue weighted by Gasteiger charge is 2.11. The molecule has 3 heteroatoms. The number of aromatic amines is 1.